The number of halogens is 4. The summed E-state index contributed by atoms with van der Waals surface area (Å²) < 4.78 is 1.68. The van der Waals surface area contributed by atoms with Gasteiger partial charge in [0.05, 0.1) is 12.6 Å². The van der Waals surface area contributed by atoms with Crippen molar-refractivity contribution < 1.29 is 4.79 Å². The Morgan fingerprint density at radius 2 is 1.90 bits per heavy atom. The smallest absolute Gasteiger partial charge is 0.197 e. The van der Waals surface area contributed by atoms with Gasteiger partial charge in [0.1, 0.15) is 0 Å². The minimum absolute atomic E-state index is 0.0886. The highest BCUT2D eigenvalue weighted by atomic mass is 79.9. The molecule has 0 saturated heterocycles. The molecule has 20 heavy (non-hydrogen) atoms. The number of rotatable bonds is 2. The van der Waals surface area contributed by atoms with Crippen LogP contribution in [0.5, 0.6) is 0 Å². The fraction of sp³-hybridized carbons (Fsp3) is 0. The Morgan fingerprint density at radius 3 is 2.55 bits per heavy atom. The lowest BCUT2D eigenvalue weighted by Crippen LogP contribution is -1.99. The Balaban J connectivity index is 2.20. The van der Waals surface area contributed by atoms with Crippen LogP contribution in [0.2, 0.25) is 10.0 Å². The topological polar surface area (TPSA) is 32.9 Å². The van der Waals surface area contributed by atoms with Gasteiger partial charge in [0.2, 0.25) is 0 Å². The molecule has 0 fully saturated rings. The van der Waals surface area contributed by atoms with Crippen molar-refractivity contribution in [3.8, 4) is 0 Å². The van der Waals surface area contributed by atoms with Gasteiger partial charge in [-0.1, -0.05) is 23.2 Å². The number of hydrogen-bond acceptors (Lipinski definition) is 2. The van der Waals surface area contributed by atoms with E-state index >= 15 is 0 Å². The predicted octanol–water partition coefficient (Wildman–Crippen LogP) is 6.29. The van der Waals surface area contributed by atoms with Crippen molar-refractivity contribution in [3.63, 3.8) is 0 Å². The molecule has 0 aliphatic carbocycles. The van der Waals surface area contributed by atoms with Gasteiger partial charge in [0.25, 0.3) is 0 Å². The molecule has 0 bridgehead atoms. The first-order chi connectivity index (χ1) is 9.47. The van der Waals surface area contributed by atoms with Crippen molar-refractivity contribution in [1.82, 2.24) is 4.98 Å². The van der Waals surface area contributed by atoms with Crippen LogP contribution in [0.25, 0.3) is 10.9 Å². The number of fused-ring (bicyclic) bond motifs is 1. The van der Waals surface area contributed by atoms with E-state index in [2.05, 4.69) is 36.8 Å². The van der Waals surface area contributed by atoms with Gasteiger partial charge >= 0.3 is 0 Å². The summed E-state index contributed by atoms with van der Waals surface area (Å²) in [6.07, 6.45) is 1.66. The van der Waals surface area contributed by atoms with E-state index in [1.807, 2.05) is 0 Å². The average molecular weight is 454 g/mol. The summed E-state index contributed by atoms with van der Waals surface area (Å²) in [6.45, 7) is 0. The molecule has 0 aliphatic heterocycles. The monoisotopic (exact) mass is 451 g/mol. The number of H-pyrrole nitrogens is 1. The number of hydrogen-bond donors (Lipinski definition) is 1. The van der Waals surface area contributed by atoms with Gasteiger partial charge in [0, 0.05) is 33.2 Å². The number of carbonyl (C=O) groups is 1. The normalized spacial score (nSPS) is 11.2. The molecule has 0 saturated carbocycles. The van der Waals surface area contributed by atoms with E-state index in [9.17, 15) is 4.79 Å². The summed E-state index contributed by atoms with van der Waals surface area (Å²) >= 11 is 20.4. The summed E-state index contributed by atoms with van der Waals surface area (Å²) in [5.41, 5.74) is 1.89. The number of ketones is 1. The zero-order chi connectivity index (χ0) is 14.4. The fourth-order valence-electron chi connectivity index (χ4n) is 2.00. The number of nitrogens with one attached hydrogen (secondary N) is 1. The van der Waals surface area contributed by atoms with Crippen LogP contribution in [-0.4, -0.2) is 10.8 Å². The molecule has 7 heteroatoms. The van der Waals surface area contributed by atoms with Gasteiger partial charge in [-0.05, 0) is 50.1 Å². The Kier molecular flexibility index (Phi) is 3.99. The standard InChI is InChI=1S/C13H5Br2Cl2NOS/c14-10-3-6(13(15)20-10)12(19)7-4-18-9-2-5(16)1-8(17)11(7)9/h1-4,18H. The molecule has 0 radical (unpaired) electrons. The fourth-order valence-corrected chi connectivity index (χ4v) is 5.39. The second-order valence-electron chi connectivity index (χ2n) is 4.08. The Hall–Kier alpha value is -0.330. The van der Waals surface area contributed by atoms with Crippen LogP contribution in [0.3, 0.4) is 0 Å². The Labute approximate surface area is 145 Å². The molecule has 2 aromatic heterocycles. The quantitative estimate of drug-likeness (QED) is 0.454. The van der Waals surface area contributed by atoms with Crippen molar-refractivity contribution in [1.29, 1.82) is 0 Å². The van der Waals surface area contributed by atoms with E-state index in [1.165, 1.54) is 11.3 Å². The van der Waals surface area contributed by atoms with Gasteiger partial charge in [0.15, 0.2) is 5.78 Å². The second kappa shape index (κ2) is 5.46. The first-order valence-corrected chi connectivity index (χ1v) is 8.59. The molecular weight excluding hydrogens is 449 g/mol. The molecular formula is C13H5Br2Cl2NOS. The maximum Gasteiger partial charge on any atom is 0.197 e. The molecule has 102 valence electrons. The van der Waals surface area contributed by atoms with E-state index in [1.54, 1.807) is 24.4 Å². The minimum Gasteiger partial charge on any atom is -0.360 e. The lowest BCUT2D eigenvalue weighted by molar-refractivity contribution is 0.104. The van der Waals surface area contributed by atoms with Crippen LogP contribution in [-0.2, 0) is 0 Å². The van der Waals surface area contributed by atoms with E-state index in [0.717, 1.165) is 13.1 Å². The van der Waals surface area contributed by atoms with Gasteiger partial charge in [-0.3, -0.25) is 4.79 Å². The van der Waals surface area contributed by atoms with Crippen LogP contribution < -0.4 is 0 Å². The number of carbonyl (C=O) groups excluding carboxylic acids is 1. The van der Waals surface area contributed by atoms with Crippen LogP contribution >= 0.6 is 66.4 Å². The van der Waals surface area contributed by atoms with E-state index in [-0.39, 0.29) is 5.78 Å². The summed E-state index contributed by atoms with van der Waals surface area (Å²) in [4.78, 5) is 15.7. The molecule has 0 spiro atoms. The predicted molar refractivity (Wildman–Crippen MR) is 91.5 cm³/mol. The number of aromatic amines is 1. The third-order valence-electron chi connectivity index (χ3n) is 2.84. The van der Waals surface area contributed by atoms with Crippen LogP contribution in [0.15, 0.2) is 32.0 Å². The molecule has 0 aliphatic rings. The molecule has 3 rings (SSSR count). The van der Waals surface area contributed by atoms with E-state index < -0.39 is 0 Å². The Bertz CT molecular complexity index is 840. The first kappa shape index (κ1) is 14.6. The third kappa shape index (κ3) is 2.46. The van der Waals surface area contributed by atoms with Crippen molar-refractivity contribution in [2.75, 3.05) is 0 Å². The highest BCUT2D eigenvalue weighted by Crippen LogP contribution is 2.36. The Morgan fingerprint density at radius 1 is 1.15 bits per heavy atom. The molecule has 2 nitrogen and oxygen atoms in total. The summed E-state index contributed by atoms with van der Waals surface area (Å²) in [5.74, 6) is -0.0886. The molecule has 0 atom stereocenters. The minimum atomic E-state index is -0.0886. The molecule has 0 amide bonds. The number of aromatic nitrogens is 1. The lowest BCUT2D eigenvalue weighted by atomic mass is 10.1. The SMILES string of the molecule is O=C(c1cc(Br)sc1Br)c1c[nH]c2cc(Cl)cc(Cl)c12. The number of thiophene rings is 1. The molecule has 1 aromatic carbocycles. The average Bonchev–Trinajstić information content (AvgIpc) is 2.92. The van der Waals surface area contributed by atoms with Crippen LogP contribution in [0, 0.1) is 0 Å². The molecule has 0 unspecified atom stereocenters. The lowest BCUT2D eigenvalue weighted by Gasteiger charge is -2.01. The van der Waals surface area contributed by atoms with Gasteiger partial charge in [-0.2, -0.15) is 0 Å². The maximum absolute atomic E-state index is 12.6. The zero-order valence-corrected chi connectivity index (χ0v) is 15.1. The summed E-state index contributed by atoms with van der Waals surface area (Å²) in [6, 6.07) is 5.17. The van der Waals surface area contributed by atoms with Gasteiger partial charge < -0.3 is 4.98 Å². The number of benzene rings is 1. The van der Waals surface area contributed by atoms with Crippen molar-refractivity contribution in [2.24, 2.45) is 0 Å². The summed E-state index contributed by atoms with van der Waals surface area (Å²) in [7, 11) is 0. The molecule has 2 heterocycles. The van der Waals surface area contributed by atoms with Crippen molar-refractivity contribution in [2.45, 2.75) is 0 Å². The maximum atomic E-state index is 12.6. The summed E-state index contributed by atoms with van der Waals surface area (Å²) in [5, 5.41) is 1.68. The largest absolute Gasteiger partial charge is 0.360 e. The van der Waals surface area contributed by atoms with E-state index in [4.69, 9.17) is 23.2 Å². The van der Waals surface area contributed by atoms with E-state index in [0.29, 0.717) is 26.6 Å². The first-order valence-electron chi connectivity index (χ1n) is 5.43. The highest BCUT2D eigenvalue weighted by molar-refractivity contribution is 9.12. The van der Waals surface area contributed by atoms with Crippen molar-refractivity contribution >= 4 is 83.1 Å². The molecule has 3 aromatic rings. The molecule has 1 N–H and O–H groups in total. The van der Waals surface area contributed by atoms with Crippen LogP contribution in [0.1, 0.15) is 15.9 Å². The second-order valence-corrected chi connectivity index (χ2v) is 8.67. The highest BCUT2D eigenvalue weighted by Gasteiger charge is 2.20. The third-order valence-corrected chi connectivity index (χ3v) is 5.70. The van der Waals surface area contributed by atoms with Gasteiger partial charge in [-0.25, -0.2) is 0 Å². The van der Waals surface area contributed by atoms with Crippen LogP contribution in [0.4, 0.5) is 0 Å². The van der Waals surface area contributed by atoms with Gasteiger partial charge in [-0.15, -0.1) is 11.3 Å². The zero-order valence-electron chi connectivity index (χ0n) is 9.64. The van der Waals surface area contributed by atoms with Crippen molar-refractivity contribution in [3.05, 3.63) is 53.1 Å².